The van der Waals surface area contributed by atoms with Gasteiger partial charge in [0.05, 0.1) is 23.1 Å². The number of methoxy groups -OCH3 is 1. The van der Waals surface area contributed by atoms with Crippen LogP contribution >= 0.6 is 23.4 Å². The molecule has 8 heteroatoms. The zero-order chi connectivity index (χ0) is 20.3. The van der Waals surface area contributed by atoms with Crippen LogP contribution in [0.2, 0.25) is 5.02 Å². The molecule has 0 aliphatic carbocycles. The number of carbonyl (C=O) groups excluding carboxylic acids is 1. The number of hydrogen-bond acceptors (Lipinski definition) is 5. The quantitative estimate of drug-likeness (QED) is 0.596. The van der Waals surface area contributed by atoms with E-state index in [-0.39, 0.29) is 11.2 Å². The van der Waals surface area contributed by atoms with Gasteiger partial charge in [0.1, 0.15) is 5.75 Å². The maximum absolute atomic E-state index is 12.7. The van der Waals surface area contributed by atoms with Crippen molar-refractivity contribution in [3.63, 3.8) is 0 Å². The standard InChI is InChI=1S/C20H21ClN4O2S/c1-12-9-10-17(27-4)16(11-12)22-19(26)13(2)28-20-24-23-18(25(20)3)14-7-5-6-8-15(14)21/h5-11,13H,1-4H3,(H,22,26)/t13-/m1/s1. The summed E-state index contributed by atoms with van der Waals surface area (Å²) >= 11 is 7.59. The average Bonchev–Trinajstić information content (AvgIpc) is 3.02. The summed E-state index contributed by atoms with van der Waals surface area (Å²) in [5.74, 6) is 1.13. The number of rotatable bonds is 6. The van der Waals surface area contributed by atoms with Gasteiger partial charge in [0.25, 0.3) is 0 Å². The smallest absolute Gasteiger partial charge is 0.237 e. The van der Waals surface area contributed by atoms with E-state index in [9.17, 15) is 4.79 Å². The maximum atomic E-state index is 12.7. The van der Waals surface area contributed by atoms with Gasteiger partial charge in [-0.15, -0.1) is 10.2 Å². The molecule has 0 saturated carbocycles. The SMILES string of the molecule is COc1ccc(C)cc1NC(=O)[C@@H](C)Sc1nnc(-c2ccccc2Cl)n1C. The number of hydrogen-bond donors (Lipinski definition) is 1. The number of nitrogens with one attached hydrogen (secondary N) is 1. The first-order valence-electron chi connectivity index (χ1n) is 8.67. The van der Waals surface area contributed by atoms with Gasteiger partial charge >= 0.3 is 0 Å². The summed E-state index contributed by atoms with van der Waals surface area (Å²) in [6.07, 6.45) is 0. The van der Waals surface area contributed by atoms with Gasteiger partial charge < -0.3 is 14.6 Å². The van der Waals surface area contributed by atoms with E-state index in [1.165, 1.54) is 11.8 Å². The van der Waals surface area contributed by atoms with Crippen LogP contribution in [0.15, 0.2) is 47.6 Å². The largest absolute Gasteiger partial charge is 0.495 e. The predicted molar refractivity (Wildman–Crippen MR) is 113 cm³/mol. The minimum absolute atomic E-state index is 0.142. The van der Waals surface area contributed by atoms with Crippen molar-refractivity contribution in [3.05, 3.63) is 53.1 Å². The molecule has 1 atom stereocenters. The van der Waals surface area contributed by atoms with E-state index < -0.39 is 0 Å². The summed E-state index contributed by atoms with van der Waals surface area (Å²) in [6, 6.07) is 13.1. The summed E-state index contributed by atoms with van der Waals surface area (Å²) in [6.45, 7) is 3.79. The van der Waals surface area contributed by atoms with Crippen LogP contribution in [0.1, 0.15) is 12.5 Å². The molecular weight excluding hydrogens is 396 g/mol. The summed E-state index contributed by atoms with van der Waals surface area (Å²) in [5, 5.41) is 12.2. The average molecular weight is 417 g/mol. The van der Waals surface area contributed by atoms with E-state index in [4.69, 9.17) is 16.3 Å². The second kappa shape index (κ2) is 8.67. The summed E-state index contributed by atoms with van der Waals surface area (Å²) < 4.78 is 7.16. The molecule has 0 unspecified atom stereocenters. The van der Waals surface area contributed by atoms with E-state index >= 15 is 0 Å². The molecule has 1 N–H and O–H groups in total. The van der Waals surface area contributed by atoms with Crippen LogP contribution in [0.3, 0.4) is 0 Å². The fourth-order valence-corrected chi connectivity index (χ4v) is 3.70. The lowest BCUT2D eigenvalue weighted by Gasteiger charge is -2.14. The molecule has 0 saturated heterocycles. The van der Waals surface area contributed by atoms with E-state index in [1.807, 2.05) is 67.9 Å². The number of benzene rings is 2. The molecule has 0 aliphatic heterocycles. The van der Waals surface area contributed by atoms with Gasteiger partial charge in [-0.25, -0.2) is 0 Å². The molecule has 3 rings (SSSR count). The third-order valence-corrected chi connectivity index (χ3v) is 5.68. The van der Waals surface area contributed by atoms with E-state index in [2.05, 4.69) is 15.5 Å². The van der Waals surface area contributed by atoms with Crippen LogP contribution in [0, 0.1) is 6.92 Å². The summed E-state index contributed by atoms with van der Waals surface area (Å²) in [5.41, 5.74) is 2.48. The van der Waals surface area contributed by atoms with Crippen LogP contribution in [-0.4, -0.2) is 33.0 Å². The first-order chi connectivity index (χ1) is 13.4. The third-order valence-electron chi connectivity index (χ3n) is 4.21. The molecule has 6 nitrogen and oxygen atoms in total. The molecule has 0 spiro atoms. The molecule has 1 aromatic heterocycles. The number of ether oxygens (including phenoxy) is 1. The van der Waals surface area contributed by atoms with Gasteiger partial charge in [0.15, 0.2) is 11.0 Å². The van der Waals surface area contributed by atoms with Crippen molar-refractivity contribution in [3.8, 4) is 17.1 Å². The van der Waals surface area contributed by atoms with Crippen LogP contribution < -0.4 is 10.1 Å². The summed E-state index contributed by atoms with van der Waals surface area (Å²) in [7, 11) is 3.43. The first kappa shape index (κ1) is 20.2. The van der Waals surface area contributed by atoms with Crippen molar-refractivity contribution in [1.29, 1.82) is 0 Å². The molecule has 0 aliphatic rings. The molecule has 146 valence electrons. The molecule has 0 radical (unpaired) electrons. The second-order valence-electron chi connectivity index (χ2n) is 6.30. The zero-order valence-electron chi connectivity index (χ0n) is 16.1. The van der Waals surface area contributed by atoms with Crippen LogP contribution in [0.5, 0.6) is 5.75 Å². The van der Waals surface area contributed by atoms with Gasteiger partial charge in [0, 0.05) is 12.6 Å². The van der Waals surface area contributed by atoms with Gasteiger partial charge in [0.2, 0.25) is 5.91 Å². The number of halogens is 1. The van der Waals surface area contributed by atoms with Crippen LogP contribution in [0.25, 0.3) is 11.4 Å². The highest BCUT2D eigenvalue weighted by atomic mass is 35.5. The van der Waals surface area contributed by atoms with Gasteiger partial charge in [-0.2, -0.15) is 0 Å². The monoisotopic (exact) mass is 416 g/mol. The fraction of sp³-hybridized carbons (Fsp3) is 0.250. The Kier molecular flexibility index (Phi) is 6.26. The van der Waals surface area contributed by atoms with Gasteiger partial charge in [-0.05, 0) is 43.7 Å². The lowest BCUT2D eigenvalue weighted by atomic mass is 10.2. The maximum Gasteiger partial charge on any atom is 0.237 e. The molecule has 3 aromatic rings. The lowest BCUT2D eigenvalue weighted by Crippen LogP contribution is -2.23. The number of anilines is 1. The summed E-state index contributed by atoms with van der Waals surface area (Å²) in [4.78, 5) is 12.7. The van der Waals surface area contributed by atoms with Crippen molar-refractivity contribution in [2.75, 3.05) is 12.4 Å². The van der Waals surface area contributed by atoms with Gasteiger partial charge in [-0.3, -0.25) is 4.79 Å². The highest BCUT2D eigenvalue weighted by Crippen LogP contribution is 2.31. The number of carbonyl (C=O) groups is 1. The van der Waals surface area contributed by atoms with Crippen molar-refractivity contribution in [2.24, 2.45) is 7.05 Å². The van der Waals surface area contributed by atoms with Crippen molar-refractivity contribution in [1.82, 2.24) is 14.8 Å². The van der Waals surface area contributed by atoms with Crippen molar-refractivity contribution < 1.29 is 9.53 Å². The first-order valence-corrected chi connectivity index (χ1v) is 9.93. The molecule has 0 fully saturated rings. The highest BCUT2D eigenvalue weighted by molar-refractivity contribution is 8.00. The fourth-order valence-electron chi connectivity index (χ4n) is 2.66. The third kappa shape index (κ3) is 4.31. The predicted octanol–water partition coefficient (Wildman–Crippen LogP) is 4.57. The molecule has 28 heavy (non-hydrogen) atoms. The molecule has 1 amide bonds. The Bertz CT molecular complexity index is 1010. The number of thioether (sulfide) groups is 1. The number of amides is 1. The second-order valence-corrected chi connectivity index (χ2v) is 8.01. The van der Waals surface area contributed by atoms with E-state index in [1.54, 1.807) is 7.11 Å². The van der Waals surface area contributed by atoms with Gasteiger partial charge in [-0.1, -0.05) is 41.6 Å². The van der Waals surface area contributed by atoms with E-state index in [0.717, 1.165) is 11.1 Å². The minimum atomic E-state index is -0.382. The van der Waals surface area contributed by atoms with Crippen molar-refractivity contribution >= 4 is 35.0 Å². The number of aromatic nitrogens is 3. The molecule has 1 heterocycles. The van der Waals surface area contributed by atoms with Crippen LogP contribution in [-0.2, 0) is 11.8 Å². The topological polar surface area (TPSA) is 69.0 Å². The normalized spacial score (nSPS) is 11.9. The Balaban J connectivity index is 1.75. The lowest BCUT2D eigenvalue weighted by molar-refractivity contribution is -0.115. The van der Waals surface area contributed by atoms with Crippen LogP contribution in [0.4, 0.5) is 5.69 Å². The number of aryl methyl sites for hydroxylation is 1. The molecule has 2 aromatic carbocycles. The Morgan fingerprint density at radius 2 is 2.00 bits per heavy atom. The Morgan fingerprint density at radius 1 is 1.25 bits per heavy atom. The van der Waals surface area contributed by atoms with Crippen molar-refractivity contribution in [2.45, 2.75) is 24.3 Å². The molecule has 0 bridgehead atoms. The minimum Gasteiger partial charge on any atom is -0.495 e. The Morgan fingerprint density at radius 3 is 2.71 bits per heavy atom. The molecular formula is C20H21ClN4O2S. The van der Waals surface area contributed by atoms with E-state index in [0.29, 0.717) is 27.4 Å². The Labute approximate surface area is 173 Å². The number of nitrogens with zero attached hydrogens (tertiary/aromatic N) is 3. The highest BCUT2D eigenvalue weighted by Gasteiger charge is 2.21. The zero-order valence-corrected chi connectivity index (χ0v) is 17.6. The Hall–Kier alpha value is -2.51.